The number of rotatable bonds is 1. The molecule has 0 unspecified atom stereocenters. The van der Waals surface area contributed by atoms with E-state index in [1.807, 2.05) is 18.2 Å². The van der Waals surface area contributed by atoms with E-state index in [1.165, 1.54) is 0 Å². The number of benzene rings is 1. The maximum Gasteiger partial charge on any atom is 0.101 e. The molecule has 4 heteroatoms. The Kier molecular flexibility index (Phi) is 2.12. The molecule has 0 aliphatic carbocycles. The lowest BCUT2D eigenvalue weighted by Crippen LogP contribution is -2.32. The van der Waals surface area contributed by atoms with Gasteiger partial charge in [0.25, 0.3) is 0 Å². The Morgan fingerprint density at radius 3 is 3.20 bits per heavy atom. The number of aliphatic hydroxyl groups excluding tert-OH is 1. The molecule has 3 atom stereocenters. The maximum absolute atomic E-state index is 9.16. The second kappa shape index (κ2) is 3.37. The fourth-order valence-electron chi connectivity index (χ4n) is 2.40. The summed E-state index contributed by atoms with van der Waals surface area (Å²) in [6.07, 6.45) is 0.904. The number of halogens is 1. The van der Waals surface area contributed by atoms with Crippen LogP contribution in [0.4, 0.5) is 5.69 Å². The predicted molar refractivity (Wildman–Crippen MR) is 58.2 cm³/mol. The van der Waals surface area contributed by atoms with E-state index in [4.69, 9.17) is 21.4 Å². The van der Waals surface area contributed by atoms with Crippen molar-refractivity contribution in [3.63, 3.8) is 0 Å². The van der Waals surface area contributed by atoms with Crippen molar-refractivity contribution in [2.24, 2.45) is 0 Å². The molecule has 1 fully saturated rings. The third-order valence-corrected chi connectivity index (χ3v) is 3.37. The van der Waals surface area contributed by atoms with Gasteiger partial charge in [0.05, 0.1) is 18.8 Å². The van der Waals surface area contributed by atoms with Gasteiger partial charge in [-0.1, -0.05) is 11.6 Å². The van der Waals surface area contributed by atoms with Crippen LogP contribution in [0, 0.1) is 0 Å². The third-order valence-electron chi connectivity index (χ3n) is 3.14. The van der Waals surface area contributed by atoms with Crippen molar-refractivity contribution in [2.45, 2.75) is 24.7 Å². The summed E-state index contributed by atoms with van der Waals surface area (Å²) in [6, 6.07) is 6.00. The van der Waals surface area contributed by atoms with Crippen LogP contribution in [0.25, 0.3) is 0 Å². The van der Waals surface area contributed by atoms with Crippen LogP contribution in [0.5, 0.6) is 0 Å². The van der Waals surface area contributed by atoms with Crippen LogP contribution in [-0.4, -0.2) is 23.9 Å². The van der Waals surface area contributed by atoms with E-state index in [0.717, 1.165) is 22.7 Å². The average molecular weight is 226 g/mol. The predicted octanol–water partition coefficient (Wildman–Crippen LogP) is 1.96. The van der Waals surface area contributed by atoms with Gasteiger partial charge in [-0.2, -0.15) is 0 Å². The topological polar surface area (TPSA) is 41.5 Å². The van der Waals surface area contributed by atoms with Crippen molar-refractivity contribution in [3.05, 3.63) is 28.8 Å². The maximum atomic E-state index is 9.16. The Morgan fingerprint density at radius 1 is 1.53 bits per heavy atom. The summed E-state index contributed by atoms with van der Waals surface area (Å²) in [6.45, 7) is 0.0654. The molecule has 2 aliphatic heterocycles. The summed E-state index contributed by atoms with van der Waals surface area (Å²) in [5.41, 5.74) is 2.19. The first kappa shape index (κ1) is 9.46. The van der Waals surface area contributed by atoms with Crippen LogP contribution < -0.4 is 5.32 Å². The van der Waals surface area contributed by atoms with E-state index in [1.54, 1.807) is 0 Å². The molecule has 0 aromatic heterocycles. The Morgan fingerprint density at radius 2 is 2.40 bits per heavy atom. The number of ether oxygens (including phenoxy) is 1. The van der Waals surface area contributed by atoms with Crippen LogP contribution in [0.1, 0.15) is 18.1 Å². The standard InChI is InChI=1S/C11H12ClNO2/c12-6-1-2-8-7(3-6)10-4-9(13-8)11(5-14)15-10/h1-3,9-11,13-14H,4-5H2/t9-,10-,11+/m0/s1. The lowest BCUT2D eigenvalue weighted by atomic mass is 9.96. The van der Waals surface area contributed by atoms with Crippen molar-refractivity contribution in [2.75, 3.05) is 11.9 Å². The van der Waals surface area contributed by atoms with Crippen molar-refractivity contribution in [1.29, 1.82) is 0 Å². The fraction of sp³-hybridized carbons (Fsp3) is 0.455. The minimum absolute atomic E-state index is 0.0654. The summed E-state index contributed by atoms with van der Waals surface area (Å²) in [4.78, 5) is 0. The van der Waals surface area contributed by atoms with Crippen LogP contribution in [-0.2, 0) is 4.74 Å². The molecule has 1 aromatic rings. The molecule has 0 saturated carbocycles. The van der Waals surface area contributed by atoms with Gasteiger partial charge < -0.3 is 15.2 Å². The number of nitrogens with one attached hydrogen (secondary N) is 1. The second-order valence-corrected chi connectivity index (χ2v) is 4.50. The largest absolute Gasteiger partial charge is 0.394 e. The van der Waals surface area contributed by atoms with Crippen LogP contribution in [0.3, 0.4) is 0 Å². The zero-order chi connectivity index (χ0) is 10.4. The smallest absolute Gasteiger partial charge is 0.101 e. The number of hydrogen-bond donors (Lipinski definition) is 2. The summed E-state index contributed by atoms with van der Waals surface area (Å²) >= 11 is 5.95. The van der Waals surface area contributed by atoms with E-state index in [0.29, 0.717) is 0 Å². The number of anilines is 1. The van der Waals surface area contributed by atoms with Crippen molar-refractivity contribution in [1.82, 2.24) is 0 Å². The molecule has 80 valence electrons. The van der Waals surface area contributed by atoms with Gasteiger partial charge in [-0.25, -0.2) is 0 Å². The normalized spacial score (nSPS) is 32.3. The van der Waals surface area contributed by atoms with Gasteiger partial charge >= 0.3 is 0 Å². The Balaban J connectivity index is 2.00. The van der Waals surface area contributed by atoms with Gasteiger partial charge in [-0.05, 0) is 18.2 Å². The molecule has 0 radical (unpaired) electrons. The molecule has 1 aromatic carbocycles. The van der Waals surface area contributed by atoms with E-state index < -0.39 is 0 Å². The lowest BCUT2D eigenvalue weighted by molar-refractivity contribution is 0.0113. The molecule has 15 heavy (non-hydrogen) atoms. The Hall–Kier alpha value is -0.770. The van der Waals surface area contributed by atoms with Gasteiger partial charge in [0.2, 0.25) is 0 Å². The molecule has 2 bridgehead atoms. The minimum atomic E-state index is -0.0961. The molecule has 3 nitrogen and oxygen atoms in total. The fourth-order valence-corrected chi connectivity index (χ4v) is 2.58. The summed E-state index contributed by atoms with van der Waals surface area (Å²) < 4.78 is 5.74. The zero-order valence-corrected chi connectivity index (χ0v) is 8.87. The summed E-state index contributed by atoms with van der Waals surface area (Å²) in [5, 5.41) is 13.3. The first-order chi connectivity index (χ1) is 7.28. The van der Waals surface area contributed by atoms with Crippen molar-refractivity contribution in [3.8, 4) is 0 Å². The third kappa shape index (κ3) is 1.42. The highest BCUT2D eigenvalue weighted by Crippen LogP contribution is 2.43. The monoisotopic (exact) mass is 225 g/mol. The molecule has 2 heterocycles. The first-order valence-corrected chi connectivity index (χ1v) is 5.48. The average Bonchev–Trinajstić information content (AvgIpc) is 2.58. The molecule has 3 rings (SSSR count). The molecule has 2 N–H and O–H groups in total. The van der Waals surface area contributed by atoms with Gasteiger partial charge in [0, 0.05) is 22.7 Å². The number of hydrogen-bond acceptors (Lipinski definition) is 3. The van der Waals surface area contributed by atoms with Crippen LogP contribution in [0.2, 0.25) is 5.02 Å². The highest BCUT2D eigenvalue weighted by Gasteiger charge is 2.40. The SMILES string of the molecule is OC[C@H]1O[C@H]2C[C@@H]1Nc1ccc(Cl)cc12. The second-order valence-electron chi connectivity index (χ2n) is 4.06. The van der Waals surface area contributed by atoms with Crippen molar-refractivity contribution < 1.29 is 9.84 Å². The summed E-state index contributed by atoms with van der Waals surface area (Å²) in [5.74, 6) is 0. The zero-order valence-electron chi connectivity index (χ0n) is 8.11. The van der Waals surface area contributed by atoms with E-state index in [2.05, 4.69) is 5.32 Å². The highest BCUT2D eigenvalue weighted by molar-refractivity contribution is 6.30. The summed E-state index contributed by atoms with van der Waals surface area (Å²) in [7, 11) is 0. The van der Waals surface area contributed by atoms with E-state index in [-0.39, 0.29) is 24.9 Å². The van der Waals surface area contributed by atoms with E-state index in [9.17, 15) is 0 Å². The van der Waals surface area contributed by atoms with Crippen molar-refractivity contribution >= 4 is 17.3 Å². The molecule has 1 saturated heterocycles. The lowest BCUT2D eigenvalue weighted by Gasteiger charge is -2.23. The number of aliphatic hydroxyl groups is 1. The molecule has 2 aliphatic rings. The highest BCUT2D eigenvalue weighted by atomic mass is 35.5. The van der Waals surface area contributed by atoms with Gasteiger partial charge in [0.1, 0.15) is 6.10 Å². The molecular weight excluding hydrogens is 214 g/mol. The molecule has 0 spiro atoms. The minimum Gasteiger partial charge on any atom is -0.394 e. The Bertz CT molecular complexity index is 396. The Labute approximate surface area is 93.0 Å². The number of fused-ring (bicyclic) bond motifs is 4. The molecular formula is C11H12ClNO2. The quantitative estimate of drug-likeness (QED) is 0.768. The van der Waals surface area contributed by atoms with Crippen LogP contribution >= 0.6 is 11.6 Å². The van der Waals surface area contributed by atoms with Gasteiger partial charge in [0.15, 0.2) is 0 Å². The van der Waals surface area contributed by atoms with Crippen LogP contribution in [0.15, 0.2) is 18.2 Å². The molecule has 0 amide bonds. The van der Waals surface area contributed by atoms with Gasteiger partial charge in [-0.3, -0.25) is 0 Å². The van der Waals surface area contributed by atoms with Gasteiger partial charge in [-0.15, -0.1) is 0 Å². The van der Waals surface area contributed by atoms with E-state index >= 15 is 0 Å². The first-order valence-electron chi connectivity index (χ1n) is 5.10.